The Morgan fingerprint density at radius 1 is 1.18 bits per heavy atom. The first kappa shape index (κ1) is 13.0. The summed E-state index contributed by atoms with van der Waals surface area (Å²) in [7, 11) is 0. The van der Waals surface area contributed by atoms with Crippen LogP contribution in [0.3, 0.4) is 0 Å². The molecule has 17 heavy (non-hydrogen) atoms. The van der Waals surface area contributed by atoms with Crippen molar-refractivity contribution < 1.29 is 19.1 Å². The Morgan fingerprint density at radius 3 is 2.41 bits per heavy atom. The zero-order chi connectivity index (χ0) is 12.7. The fourth-order valence-electron chi connectivity index (χ4n) is 1.09. The highest BCUT2D eigenvalue weighted by Crippen LogP contribution is 2.00. The molecule has 0 fully saturated rings. The summed E-state index contributed by atoms with van der Waals surface area (Å²) in [6.07, 6.45) is -1.91. The Morgan fingerprint density at radius 2 is 1.82 bits per heavy atom. The minimum atomic E-state index is -0.820. The van der Waals surface area contributed by atoms with Crippen LogP contribution in [0.25, 0.3) is 0 Å². The van der Waals surface area contributed by atoms with E-state index in [0.717, 1.165) is 5.56 Å². The van der Waals surface area contributed by atoms with Crippen LogP contribution in [-0.4, -0.2) is 18.3 Å². The van der Waals surface area contributed by atoms with Gasteiger partial charge in [0.15, 0.2) is 0 Å². The number of benzene rings is 1. The van der Waals surface area contributed by atoms with Crippen molar-refractivity contribution in [3.05, 3.63) is 35.9 Å². The van der Waals surface area contributed by atoms with Crippen molar-refractivity contribution in [1.29, 1.82) is 0 Å². The van der Waals surface area contributed by atoms with Gasteiger partial charge in [0.1, 0.15) is 6.61 Å². The first-order chi connectivity index (χ1) is 8.08. The maximum Gasteiger partial charge on any atom is 0.416 e. The molecule has 0 aliphatic rings. The maximum atomic E-state index is 11.2. The molecule has 0 saturated heterocycles. The van der Waals surface area contributed by atoms with Gasteiger partial charge in [-0.2, -0.15) is 0 Å². The van der Waals surface area contributed by atoms with E-state index in [1.54, 1.807) is 13.8 Å². The normalized spacial score (nSPS) is 9.82. The van der Waals surface area contributed by atoms with Crippen molar-refractivity contribution in [3.8, 4) is 0 Å². The van der Waals surface area contributed by atoms with Crippen LogP contribution in [0.2, 0.25) is 0 Å². The summed E-state index contributed by atoms with van der Waals surface area (Å²) in [5.74, 6) is 0. The first-order valence-electron chi connectivity index (χ1n) is 5.26. The van der Waals surface area contributed by atoms with Gasteiger partial charge in [-0.05, 0) is 19.4 Å². The summed E-state index contributed by atoms with van der Waals surface area (Å²) in [5.41, 5.74) is 0.847. The number of ether oxygens (including phenoxy) is 2. The molecule has 0 unspecified atom stereocenters. The van der Waals surface area contributed by atoms with Crippen molar-refractivity contribution in [2.45, 2.75) is 26.6 Å². The van der Waals surface area contributed by atoms with E-state index in [1.807, 2.05) is 35.6 Å². The molecule has 5 heteroatoms. The lowest BCUT2D eigenvalue weighted by Crippen LogP contribution is -2.33. The van der Waals surface area contributed by atoms with Crippen molar-refractivity contribution in [3.63, 3.8) is 0 Å². The molecule has 0 aliphatic carbocycles. The van der Waals surface area contributed by atoms with Gasteiger partial charge in [-0.15, -0.1) is 0 Å². The van der Waals surface area contributed by atoms with Crippen molar-refractivity contribution in [2.24, 2.45) is 0 Å². The lowest BCUT2D eigenvalue weighted by atomic mass is 10.2. The Bertz CT molecular complexity index is 375. The third-order valence-corrected chi connectivity index (χ3v) is 1.76. The number of carbonyl (C=O) groups excluding carboxylic acids is 2. The van der Waals surface area contributed by atoms with Gasteiger partial charge in [0.2, 0.25) is 0 Å². The molecule has 0 aromatic heterocycles. The monoisotopic (exact) mass is 237 g/mol. The van der Waals surface area contributed by atoms with Gasteiger partial charge >= 0.3 is 12.2 Å². The Hall–Kier alpha value is -2.04. The molecule has 1 aromatic carbocycles. The first-order valence-corrected chi connectivity index (χ1v) is 5.26. The van der Waals surface area contributed by atoms with Gasteiger partial charge in [0.05, 0.1) is 6.10 Å². The molecule has 0 aliphatic heterocycles. The van der Waals surface area contributed by atoms with Gasteiger partial charge in [0, 0.05) is 0 Å². The van der Waals surface area contributed by atoms with Crippen LogP contribution in [0.1, 0.15) is 19.4 Å². The Kier molecular flexibility index (Phi) is 5.00. The average Bonchev–Trinajstić information content (AvgIpc) is 2.26. The molecule has 0 spiro atoms. The minimum Gasteiger partial charge on any atom is -0.446 e. The van der Waals surface area contributed by atoms with Crippen LogP contribution in [0, 0.1) is 0 Å². The van der Waals surface area contributed by atoms with Crippen LogP contribution < -0.4 is 5.32 Å². The van der Waals surface area contributed by atoms with Gasteiger partial charge in [-0.1, -0.05) is 30.3 Å². The third kappa shape index (κ3) is 5.55. The van der Waals surface area contributed by atoms with Crippen LogP contribution in [0.5, 0.6) is 0 Å². The number of imide groups is 1. The molecule has 2 amide bonds. The Labute approximate surface area is 99.7 Å². The number of hydrogen-bond donors (Lipinski definition) is 1. The molecular formula is C12H15NO4. The molecule has 1 aromatic rings. The van der Waals surface area contributed by atoms with E-state index in [2.05, 4.69) is 0 Å². The fraction of sp³-hybridized carbons (Fsp3) is 0.333. The molecule has 0 saturated carbocycles. The highest BCUT2D eigenvalue weighted by atomic mass is 16.6. The Balaban J connectivity index is 2.28. The summed E-state index contributed by atoms with van der Waals surface area (Å²) in [6.45, 7) is 3.49. The molecule has 1 N–H and O–H groups in total. The topological polar surface area (TPSA) is 64.6 Å². The van der Waals surface area contributed by atoms with Gasteiger partial charge in [0.25, 0.3) is 0 Å². The van der Waals surface area contributed by atoms with Crippen molar-refractivity contribution in [2.75, 3.05) is 0 Å². The highest BCUT2D eigenvalue weighted by Gasteiger charge is 2.10. The molecule has 1 rings (SSSR count). The standard InChI is InChI=1S/C12H15NO4/c1-9(2)17-12(15)13-11(14)16-8-10-6-4-3-5-7-10/h3-7,9H,8H2,1-2H3,(H,13,14,15). The number of carbonyl (C=O) groups is 2. The lowest BCUT2D eigenvalue weighted by molar-refractivity contribution is 0.103. The minimum absolute atomic E-state index is 0.113. The van der Waals surface area contributed by atoms with E-state index in [4.69, 9.17) is 9.47 Å². The zero-order valence-corrected chi connectivity index (χ0v) is 9.80. The number of alkyl carbamates (subject to hydrolysis) is 2. The number of rotatable bonds is 3. The molecule has 5 nitrogen and oxygen atoms in total. The third-order valence-electron chi connectivity index (χ3n) is 1.76. The average molecular weight is 237 g/mol. The predicted octanol–water partition coefficient (Wildman–Crippen LogP) is 2.46. The van der Waals surface area contributed by atoms with Crippen LogP contribution in [-0.2, 0) is 16.1 Å². The second kappa shape index (κ2) is 6.52. The predicted molar refractivity (Wildman–Crippen MR) is 61.4 cm³/mol. The second-order valence-corrected chi connectivity index (χ2v) is 3.64. The smallest absolute Gasteiger partial charge is 0.416 e. The number of nitrogens with one attached hydrogen (secondary N) is 1. The molecule has 92 valence electrons. The van der Waals surface area contributed by atoms with E-state index < -0.39 is 12.2 Å². The summed E-state index contributed by atoms with van der Waals surface area (Å²) in [4.78, 5) is 22.2. The largest absolute Gasteiger partial charge is 0.446 e. The molecule has 0 radical (unpaired) electrons. The molecule has 0 heterocycles. The van der Waals surface area contributed by atoms with Crippen molar-refractivity contribution in [1.82, 2.24) is 5.32 Å². The van der Waals surface area contributed by atoms with Crippen LogP contribution >= 0.6 is 0 Å². The van der Waals surface area contributed by atoms with Crippen molar-refractivity contribution >= 4 is 12.2 Å². The van der Waals surface area contributed by atoms with E-state index in [1.165, 1.54) is 0 Å². The van der Waals surface area contributed by atoms with Crippen LogP contribution in [0.4, 0.5) is 9.59 Å². The van der Waals surface area contributed by atoms with E-state index >= 15 is 0 Å². The van der Waals surface area contributed by atoms with Gasteiger partial charge < -0.3 is 9.47 Å². The lowest BCUT2D eigenvalue weighted by Gasteiger charge is -2.09. The number of hydrogen-bond acceptors (Lipinski definition) is 4. The summed E-state index contributed by atoms with van der Waals surface area (Å²) in [6, 6.07) is 9.18. The fourth-order valence-corrected chi connectivity index (χ4v) is 1.09. The van der Waals surface area contributed by atoms with Gasteiger partial charge in [-0.3, -0.25) is 0 Å². The zero-order valence-electron chi connectivity index (χ0n) is 9.80. The number of amides is 2. The second-order valence-electron chi connectivity index (χ2n) is 3.64. The van der Waals surface area contributed by atoms with Crippen LogP contribution in [0.15, 0.2) is 30.3 Å². The molecule has 0 bridgehead atoms. The molecular weight excluding hydrogens is 222 g/mol. The van der Waals surface area contributed by atoms with Gasteiger partial charge in [-0.25, -0.2) is 14.9 Å². The summed E-state index contributed by atoms with van der Waals surface area (Å²) >= 11 is 0. The van der Waals surface area contributed by atoms with E-state index in [-0.39, 0.29) is 12.7 Å². The highest BCUT2D eigenvalue weighted by molar-refractivity contribution is 5.87. The summed E-state index contributed by atoms with van der Waals surface area (Å²) in [5, 5.41) is 1.96. The maximum absolute atomic E-state index is 11.2. The molecule has 0 atom stereocenters. The van der Waals surface area contributed by atoms with E-state index in [0.29, 0.717) is 0 Å². The SMILES string of the molecule is CC(C)OC(=O)NC(=O)OCc1ccccc1. The summed E-state index contributed by atoms with van der Waals surface area (Å²) < 4.78 is 9.55. The quantitative estimate of drug-likeness (QED) is 0.877. The van der Waals surface area contributed by atoms with E-state index in [9.17, 15) is 9.59 Å².